The van der Waals surface area contributed by atoms with E-state index in [1.165, 1.54) is 4.57 Å². The van der Waals surface area contributed by atoms with Gasteiger partial charge in [-0.1, -0.05) is 29.3 Å². The molecule has 3 aromatic rings. The van der Waals surface area contributed by atoms with Crippen molar-refractivity contribution in [3.8, 4) is 0 Å². The molecule has 3 heterocycles. The first-order valence-electron chi connectivity index (χ1n) is 9.36. The molecule has 0 amide bonds. The number of aromatic nitrogens is 4. The summed E-state index contributed by atoms with van der Waals surface area (Å²) in [6, 6.07) is 5.28. The highest BCUT2D eigenvalue weighted by atomic mass is 35.5. The summed E-state index contributed by atoms with van der Waals surface area (Å²) >= 11 is 12.4. The minimum Gasteiger partial charge on any atom is -0.316 e. The summed E-state index contributed by atoms with van der Waals surface area (Å²) in [5, 5.41) is 1.07. The van der Waals surface area contributed by atoms with E-state index in [2.05, 4.69) is 26.8 Å². The Hall–Kier alpha value is -2.13. The van der Waals surface area contributed by atoms with Gasteiger partial charge < -0.3 is 9.47 Å². The minimum absolute atomic E-state index is 0.358. The van der Waals surface area contributed by atoms with E-state index in [9.17, 15) is 9.59 Å². The van der Waals surface area contributed by atoms with E-state index < -0.39 is 11.2 Å². The third-order valence-electron chi connectivity index (χ3n) is 5.39. The maximum Gasteiger partial charge on any atom is 0.329 e. The van der Waals surface area contributed by atoms with Gasteiger partial charge in [0.25, 0.3) is 5.56 Å². The number of rotatable bonds is 4. The average molecular weight is 437 g/mol. The first kappa shape index (κ1) is 20.2. The summed E-state index contributed by atoms with van der Waals surface area (Å²) in [5.41, 5.74) is 0.617. The van der Waals surface area contributed by atoms with E-state index in [4.69, 9.17) is 23.2 Å². The molecule has 1 fully saturated rings. The van der Waals surface area contributed by atoms with Crippen LogP contribution in [0.4, 0.5) is 0 Å². The van der Waals surface area contributed by atoms with Crippen LogP contribution in [0.2, 0.25) is 10.0 Å². The van der Waals surface area contributed by atoms with Crippen LogP contribution in [-0.2, 0) is 20.1 Å². The Morgan fingerprint density at radius 1 is 1.07 bits per heavy atom. The summed E-state index contributed by atoms with van der Waals surface area (Å²) < 4.78 is 3.21. The first-order chi connectivity index (χ1) is 13.8. The fraction of sp³-hybridized carbons (Fsp3) is 0.421. The third-order valence-corrected chi connectivity index (χ3v) is 5.98. The zero-order valence-electron chi connectivity index (χ0n) is 16.3. The van der Waals surface area contributed by atoms with E-state index in [0.717, 1.165) is 37.6 Å². The number of piperazine rings is 1. The highest BCUT2D eigenvalue weighted by Gasteiger charge is 2.22. The molecule has 4 rings (SSSR count). The van der Waals surface area contributed by atoms with Gasteiger partial charge >= 0.3 is 5.69 Å². The lowest BCUT2D eigenvalue weighted by Crippen LogP contribution is -2.44. The molecule has 0 spiro atoms. The van der Waals surface area contributed by atoms with Crippen molar-refractivity contribution < 1.29 is 0 Å². The molecule has 0 aliphatic carbocycles. The van der Waals surface area contributed by atoms with E-state index in [1.54, 1.807) is 19.2 Å². The number of hydrogen-bond donors (Lipinski definition) is 1. The number of imidazole rings is 1. The normalized spacial score (nSPS) is 16.0. The Morgan fingerprint density at radius 3 is 2.48 bits per heavy atom. The molecule has 154 valence electrons. The molecule has 0 atom stereocenters. The lowest BCUT2D eigenvalue weighted by molar-refractivity contribution is 0.144. The molecule has 0 bridgehead atoms. The smallest absolute Gasteiger partial charge is 0.316 e. The number of benzene rings is 1. The molecule has 1 aliphatic heterocycles. The van der Waals surface area contributed by atoms with Crippen LogP contribution in [0.5, 0.6) is 0 Å². The van der Waals surface area contributed by atoms with Crippen molar-refractivity contribution in [3.05, 3.63) is 60.5 Å². The Morgan fingerprint density at radius 2 is 1.79 bits per heavy atom. The fourth-order valence-corrected chi connectivity index (χ4v) is 4.07. The van der Waals surface area contributed by atoms with Gasteiger partial charge in [-0.15, -0.1) is 0 Å². The maximum absolute atomic E-state index is 12.6. The van der Waals surface area contributed by atoms with Crippen LogP contribution < -0.4 is 11.2 Å². The molecule has 1 saturated heterocycles. The van der Waals surface area contributed by atoms with Gasteiger partial charge in [0.1, 0.15) is 5.82 Å². The van der Waals surface area contributed by atoms with Gasteiger partial charge in [0.05, 0.1) is 13.1 Å². The van der Waals surface area contributed by atoms with Crippen LogP contribution >= 0.6 is 23.2 Å². The number of nitrogens with one attached hydrogen (secondary N) is 1. The molecule has 1 N–H and O–H groups in total. The number of halogens is 2. The van der Waals surface area contributed by atoms with Gasteiger partial charge in [0.15, 0.2) is 11.2 Å². The lowest BCUT2D eigenvalue weighted by atomic mass is 10.2. The van der Waals surface area contributed by atoms with Crippen LogP contribution in [0.1, 0.15) is 11.4 Å². The molecular formula is C19H22Cl2N6O2. The zero-order chi connectivity index (χ0) is 20.7. The summed E-state index contributed by atoms with van der Waals surface area (Å²) in [6.07, 6.45) is 0. The number of likely N-dealkylation sites (N-methyl/N-ethyl adjacent to an activating group) is 1. The van der Waals surface area contributed by atoms with E-state index >= 15 is 0 Å². The van der Waals surface area contributed by atoms with Crippen molar-refractivity contribution in [2.24, 2.45) is 7.05 Å². The quantitative estimate of drug-likeness (QED) is 0.670. The molecule has 8 nitrogen and oxygen atoms in total. The Balaban J connectivity index is 1.81. The summed E-state index contributed by atoms with van der Waals surface area (Å²) in [7, 11) is 3.71. The molecule has 1 aliphatic rings. The van der Waals surface area contributed by atoms with E-state index in [-0.39, 0.29) is 0 Å². The maximum atomic E-state index is 12.6. The SMILES string of the molecule is CN1CCN(Cc2nc3c(c(=O)[nH]c(=O)n3C)n2Cc2ccc(Cl)cc2Cl)CC1. The van der Waals surface area contributed by atoms with Gasteiger partial charge in [-0.2, -0.15) is 0 Å². The average Bonchev–Trinajstić information content (AvgIpc) is 3.03. The van der Waals surface area contributed by atoms with Crippen molar-refractivity contribution in [3.63, 3.8) is 0 Å². The second kappa shape index (κ2) is 7.95. The third kappa shape index (κ3) is 3.98. The Labute approximate surface area is 177 Å². The van der Waals surface area contributed by atoms with Gasteiger partial charge in [-0.3, -0.25) is 19.2 Å². The second-order valence-corrected chi connectivity index (χ2v) is 8.26. The summed E-state index contributed by atoms with van der Waals surface area (Å²) in [4.78, 5) is 36.3. The van der Waals surface area contributed by atoms with Crippen LogP contribution in [0.25, 0.3) is 11.2 Å². The molecule has 0 unspecified atom stereocenters. The highest BCUT2D eigenvalue weighted by Crippen LogP contribution is 2.24. The molecule has 29 heavy (non-hydrogen) atoms. The fourth-order valence-electron chi connectivity index (χ4n) is 3.60. The van der Waals surface area contributed by atoms with Crippen LogP contribution in [-0.4, -0.2) is 62.1 Å². The van der Waals surface area contributed by atoms with Gasteiger partial charge in [0.2, 0.25) is 0 Å². The Kier molecular flexibility index (Phi) is 5.52. The lowest BCUT2D eigenvalue weighted by Gasteiger charge is -2.32. The molecule has 2 aromatic heterocycles. The van der Waals surface area contributed by atoms with Crippen LogP contribution in [0.3, 0.4) is 0 Å². The Bertz CT molecular complexity index is 1170. The number of H-pyrrole nitrogens is 1. The number of hydrogen-bond acceptors (Lipinski definition) is 5. The number of nitrogens with zero attached hydrogens (tertiary/aromatic N) is 5. The van der Waals surface area contributed by atoms with Gasteiger partial charge in [-0.25, -0.2) is 9.78 Å². The van der Waals surface area contributed by atoms with Gasteiger partial charge in [0, 0.05) is 43.3 Å². The van der Waals surface area contributed by atoms with Crippen molar-refractivity contribution in [1.29, 1.82) is 0 Å². The van der Waals surface area contributed by atoms with Crippen molar-refractivity contribution in [2.75, 3.05) is 33.2 Å². The number of aryl methyl sites for hydroxylation is 1. The first-order valence-corrected chi connectivity index (χ1v) is 10.1. The van der Waals surface area contributed by atoms with Crippen molar-refractivity contribution in [2.45, 2.75) is 13.1 Å². The molecule has 0 radical (unpaired) electrons. The topological polar surface area (TPSA) is 79.2 Å². The van der Waals surface area contributed by atoms with E-state index in [1.807, 2.05) is 10.6 Å². The monoisotopic (exact) mass is 436 g/mol. The van der Waals surface area contributed by atoms with Gasteiger partial charge in [-0.05, 0) is 24.7 Å². The second-order valence-electron chi connectivity index (χ2n) is 7.42. The van der Waals surface area contributed by atoms with Crippen LogP contribution in [0.15, 0.2) is 27.8 Å². The zero-order valence-corrected chi connectivity index (χ0v) is 17.8. The van der Waals surface area contributed by atoms with Crippen molar-refractivity contribution in [1.82, 2.24) is 28.9 Å². The largest absolute Gasteiger partial charge is 0.329 e. The molecule has 1 aromatic carbocycles. The molecular weight excluding hydrogens is 415 g/mol. The predicted octanol–water partition coefficient (Wildman–Crippen LogP) is 1.53. The standard InChI is InChI=1S/C19H22Cl2N6O2/c1-24-5-7-26(8-6-24)11-15-22-17-16(18(28)23-19(29)25(17)2)27(15)10-12-3-4-13(20)9-14(12)21/h3-4,9H,5-8,10-11H2,1-2H3,(H,23,28,29). The molecule has 10 heteroatoms. The summed E-state index contributed by atoms with van der Waals surface area (Å²) in [6.45, 7) is 4.72. The predicted molar refractivity (Wildman–Crippen MR) is 114 cm³/mol. The van der Waals surface area contributed by atoms with E-state index in [0.29, 0.717) is 34.3 Å². The minimum atomic E-state index is -0.483. The van der Waals surface area contributed by atoms with Crippen molar-refractivity contribution >= 4 is 34.4 Å². The van der Waals surface area contributed by atoms with Crippen LogP contribution in [0, 0.1) is 0 Å². The highest BCUT2D eigenvalue weighted by molar-refractivity contribution is 6.35. The molecule has 0 saturated carbocycles. The summed E-state index contributed by atoms with van der Waals surface area (Å²) in [5.74, 6) is 0.724. The number of fused-ring (bicyclic) bond motifs is 1. The number of aromatic amines is 1.